The van der Waals surface area contributed by atoms with E-state index < -0.39 is 0 Å². The number of ketones is 1. The van der Waals surface area contributed by atoms with Gasteiger partial charge in [-0.1, -0.05) is 12.6 Å². The lowest BCUT2D eigenvalue weighted by molar-refractivity contribution is -0.114. The second-order valence-electron chi connectivity index (χ2n) is 5.51. The van der Waals surface area contributed by atoms with E-state index in [0.29, 0.717) is 29.0 Å². The smallest absolute Gasteiger partial charge is 0.224 e. The van der Waals surface area contributed by atoms with Crippen molar-refractivity contribution < 1.29 is 14.3 Å². The predicted molar refractivity (Wildman–Crippen MR) is 102 cm³/mol. The van der Waals surface area contributed by atoms with Crippen LogP contribution in [0.15, 0.2) is 67.5 Å². The van der Waals surface area contributed by atoms with Gasteiger partial charge in [-0.2, -0.15) is 0 Å². The molecule has 0 bridgehead atoms. The first-order valence-corrected chi connectivity index (χ1v) is 8.18. The average molecular weight is 362 g/mol. The van der Waals surface area contributed by atoms with Crippen molar-refractivity contribution in [3.63, 3.8) is 0 Å². The van der Waals surface area contributed by atoms with Crippen LogP contribution in [0.1, 0.15) is 5.69 Å². The largest absolute Gasteiger partial charge is 0.497 e. The number of nitrogens with zero attached hydrogens (tertiary/aromatic N) is 3. The van der Waals surface area contributed by atoms with Crippen molar-refractivity contribution in [2.24, 2.45) is 0 Å². The Hall–Kier alpha value is -3.74. The number of allylic oxidation sites excluding steroid dienone is 1. The second kappa shape index (κ2) is 8.57. The number of nitrogens with one attached hydrogen (secondary N) is 1. The second-order valence-corrected chi connectivity index (χ2v) is 5.51. The van der Waals surface area contributed by atoms with E-state index in [2.05, 4.69) is 26.8 Å². The van der Waals surface area contributed by atoms with Crippen LogP contribution < -0.4 is 14.8 Å². The van der Waals surface area contributed by atoms with Gasteiger partial charge < -0.3 is 14.8 Å². The predicted octanol–water partition coefficient (Wildman–Crippen LogP) is 3.71. The molecule has 0 unspecified atom stereocenters. The van der Waals surface area contributed by atoms with Crippen molar-refractivity contribution >= 4 is 17.4 Å². The molecule has 2 heterocycles. The molecule has 2 aromatic heterocycles. The maximum atomic E-state index is 11.5. The number of benzene rings is 1. The summed E-state index contributed by atoms with van der Waals surface area (Å²) in [6.45, 7) is 3.47. The van der Waals surface area contributed by atoms with Crippen LogP contribution in [0.2, 0.25) is 0 Å². The van der Waals surface area contributed by atoms with E-state index in [9.17, 15) is 4.79 Å². The molecule has 0 aliphatic rings. The molecule has 3 rings (SSSR count). The van der Waals surface area contributed by atoms with Crippen molar-refractivity contribution in [1.82, 2.24) is 15.0 Å². The van der Waals surface area contributed by atoms with E-state index in [1.807, 2.05) is 6.07 Å². The number of rotatable bonds is 8. The van der Waals surface area contributed by atoms with Gasteiger partial charge in [0.2, 0.25) is 5.88 Å². The Labute approximate surface area is 156 Å². The highest BCUT2D eigenvalue weighted by molar-refractivity contribution is 5.90. The molecule has 0 radical (unpaired) electrons. The first-order chi connectivity index (χ1) is 13.2. The van der Waals surface area contributed by atoms with Gasteiger partial charge in [-0.3, -0.25) is 4.79 Å². The summed E-state index contributed by atoms with van der Waals surface area (Å²) in [4.78, 5) is 24.2. The van der Waals surface area contributed by atoms with Crippen LogP contribution in [0.25, 0.3) is 0 Å². The molecule has 136 valence electrons. The minimum absolute atomic E-state index is 0.0862. The Bertz CT molecular complexity index is 942. The number of carbonyl (C=O) groups excluding carboxylic acids is 1. The molecule has 0 fully saturated rings. The summed E-state index contributed by atoms with van der Waals surface area (Å²) in [5.41, 5.74) is 0.647. The zero-order chi connectivity index (χ0) is 19.1. The fraction of sp³-hybridized carbons (Fsp3) is 0.100. The van der Waals surface area contributed by atoms with Gasteiger partial charge in [0.15, 0.2) is 5.78 Å². The van der Waals surface area contributed by atoms with Gasteiger partial charge in [0, 0.05) is 6.07 Å². The molecule has 7 nitrogen and oxygen atoms in total. The Morgan fingerprint density at radius 3 is 2.63 bits per heavy atom. The van der Waals surface area contributed by atoms with Gasteiger partial charge in [-0.15, -0.1) is 0 Å². The third-order valence-electron chi connectivity index (χ3n) is 3.57. The van der Waals surface area contributed by atoms with E-state index in [0.717, 1.165) is 5.75 Å². The molecule has 0 spiro atoms. The molecule has 0 aliphatic carbocycles. The van der Waals surface area contributed by atoms with Crippen LogP contribution in [0.4, 0.5) is 11.6 Å². The normalized spacial score (nSPS) is 10.1. The zero-order valence-corrected chi connectivity index (χ0v) is 14.8. The fourth-order valence-corrected chi connectivity index (χ4v) is 2.26. The summed E-state index contributed by atoms with van der Waals surface area (Å²) in [6, 6.07) is 14.2. The van der Waals surface area contributed by atoms with Crippen molar-refractivity contribution in [2.75, 3.05) is 12.4 Å². The standard InChI is InChI=1S/C20H18N4O3/c1-3-15(25)11-14-5-4-6-18(23-14)24-19-12-20(22-13-21-19)27-17-9-7-16(26-2)8-10-17/h3-10,12-13H,1,11H2,2H3,(H,21,22,23,24). The fourth-order valence-electron chi connectivity index (χ4n) is 2.26. The Morgan fingerprint density at radius 2 is 1.89 bits per heavy atom. The third kappa shape index (κ3) is 5.12. The van der Waals surface area contributed by atoms with E-state index >= 15 is 0 Å². The quantitative estimate of drug-likeness (QED) is 0.611. The zero-order valence-electron chi connectivity index (χ0n) is 14.8. The Morgan fingerprint density at radius 1 is 1.11 bits per heavy atom. The van der Waals surface area contributed by atoms with E-state index in [-0.39, 0.29) is 12.2 Å². The Balaban J connectivity index is 1.71. The monoisotopic (exact) mass is 362 g/mol. The molecule has 1 N–H and O–H groups in total. The van der Waals surface area contributed by atoms with Crippen molar-refractivity contribution in [1.29, 1.82) is 0 Å². The number of pyridine rings is 1. The molecule has 7 heteroatoms. The summed E-state index contributed by atoms with van der Waals surface area (Å²) < 4.78 is 10.8. The molecule has 1 aromatic carbocycles. The number of methoxy groups -OCH3 is 1. The maximum Gasteiger partial charge on any atom is 0.224 e. The van der Waals surface area contributed by atoms with Crippen LogP contribution in [-0.2, 0) is 11.2 Å². The highest BCUT2D eigenvalue weighted by Gasteiger charge is 2.06. The highest BCUT2D eigenvalue weighted by Crippen LogP contribution is 2.24. The van der Waals surface area contributed by atoms with Gasteiger partial charge in [0.1, 0.15) is 29.5 Å². The molecule has 0 atom stereocenters. The molecular formula is C20H18N4O3. The number of hydrogen-bond donors (Lipinski definition) is 1. The van der Waals surface area contributed by atoms with Crippen molar-refractivity contribution in [2.45, 2.75) is 6.42 Å². The van der Waals surface area contributed by atoms with Crippen LogP contribution >= 0.6 is 0 Å². The van der Waals surface area contributed by atoms with Gasteiger partial charge in [-0.05, 0) is 42.5 Å². The molecule has 0 aliphatic heterocycles. The van der Waals surface area contributed by atoms with Crippen molar-refractivity contribution in [3.05, 3.63) is 73.2 Å². The van der Waals surface area contributed by atoms with Gasteiger partial charge in [0.05, 0.1) is 19.2 Å². The molecular weight excluding hydrogens is 344 g/mol. The number of carbonyl (C=O) groups is 1. The number of aromatic nitrogens is 3. The third-order valence-corrected chi connectivity index (χ3v) is 3.57. The topological polar surface area (TPSA) is 86.2 Å². The van der Waals surface area contributed by atoms with Gasteiger partial charge in [0.25, 0.3) is 0 Å². The van der Waals surface area contributed by atoms with Crippen LogP contribution in [-0.4, -0.2) is 27.8 Å². The lowest BCUT2D eigenvalue weighted by atomic mass is 10.2. The molecule has 3 aromatic rings. The summed E-state index contributed by atoms with van der Waals surface area (Å²) in [7, 11) is 1.61. The van der Waals surface area contributed by atoms with Gasteiger partial charge >= 0.3 is 0 Å². The number of ether oxygens (including phenoxy) is 2. The number of anilines is 2. The SMILES string of the molecule is C=CC(=O)Cc1cccc(Nc2cc(Oc3ccc(OC)cc3)ncn2)n1. The maximum absolute atomic E-state index is 11.5. The lowest BCUT2D eigenvalue weighted by Gasteiger charge is -2.09. The van der Waals surface area contributed by atoms with E-state index in [1.165, 1.54) is 12.4 Å². The molecule has 0 amide bonds. The van der Waals surface area contributed by atoms with E-state index in [1.54, 1.807) is 49.6 Å². The lowest BCUT2D eigenvalue weighted by Crippen LogP contribution is -2.03. The molecule has 27 heavy (non-hydrogen) atoms. The van der Waals surface area contributed by atoms with Crippen LogP contribution in [0.3, 0.4) is 0 Å². The molecule has 0 saturated heterocycles. The van der Waals surface area contributed by atoms with E-state index in [4.69, 9.17) is 9.47 Å². The Kier molecular flexibility index (Phi) is 5.73. The molecule has 0 saturated carbocycles. The first-order valence-electron chi connectivity index (χ1n) is 8.18. The first kappa shape index (κ1) is 18.1. The average Bonchev–Trinajstić information content (AvgIpc) is 2.69. The van der Waals surface area contributed by atoms with Crippen LogP contribution in [0, 0.1) is 0 Å². The van der Waals surface area contributed by atoms with Gasteiger partial charge in [-0.25, -0.2) is 15.0 Å². The minimum Gasteiger partial charge on any atom is -0.497 e. The summed E-state index contributed by atoms with van der Waals surface area (Å²) in [5, 5.41) is 3.08. The van der Waals surface area contributed by atoms with Crippen LogP contribution in [0.5, 0.6) is 17.4 Å². The minimum atomic E-state index is -0.0862. The highest BCUT2D eigenvalue weighted by atomic mass is 16.5. The van der Waals surface area contributed by atoms with Crippen molar-refractivity contribution in [3.8, 4) is 17.4 Å². The summed E-state index contributed by atoms with van der Waals surface area (Å²) >= 11 is 0. The number of hydrogen-bond acceptors (Lipinski definition) is 7. The summed E-state index contributed by atoms with van der Waals surface area (Å²) in [5.74, 6) is 2.76. The summed E-state index contributed by atoms with van der Waals surface area (Å²) in [6.07, 6.45) is 2.88.